The average Bonchev–Trinajstić information content (AvgIpc) is 2.99. The van der Waals surface area contributed by atoms with Gasteiger partial charge in [0.1, 0.15) is 71.3 Å². The molecule has 10 N–H and O–H groups in total. The monoisotopic (exact) mass is 610 g/mol. The Morgan fingerprint density at radius 2 is 1.23 bits per heavy atom. The SMILES string of the molecule is O=c1cc(-c2ccc(O[C@@H]3O[C@H](CO)[C@@H](O)[C@H](O)[C@H]3O)cc2)oc2cc(O)c(O[C@@H]3O[C@H](CO)[C@@H](O)[C@H](O)[C@H]3O)c(O)c12. The molecular weight excluding hydrogens is 580 g/mol. The largest absolute Gasteiger partial charge is 0.504 e. The molecule has 1 aromatic heterocycles. The van der Waals surface area contributed by atoms with E-state index in [0.717, 1.165) is 12.1 Å². The van der Waals surface area contributed by atoms with Gasteiger partial charge in [0, 0.05) is 17.7 Å². The Morgan fingerprint density at radius 1 is 0.698 bits per heavy atom. The van der Waals surface area contributed by atoms with Crippen molar-refractivity contribution in [3.8, 4) is 34.3 Å². The first-order valence-corrected chi connectivity index (χ1v) is 13.0. The second kappa shape index (κ2) is 12.2. The molecule has 2 aromatic carbocycles. The Morgan fingerprint density at radius 3 is 1.77 bits per heavy atom. The van der Waals surface area contributed by atoms with Crippen LogP contribution in [0.4, 0.5) is 0 Å². The number of hydrogen-bond acceptors (Lipinski definition) is 16. The van der Waals surface area contributed by atoms with Crippen LogP contribution in [0, 0.1) is 0 Å². The molecule has 0 spiro atoms. The molecule has 2 saturated heterocycles. The van der Waals surface area contributed by atoms with E-state index < -0.39 is 103 Å². The summed E-state index contributed by atoms with van der Waals surface area (Å²) in [5, 5.41) is 99.8. The highest BCUT2D eigenvalue weighted by molar-refractivity contribution is 5.89. The summed E-state index contributed by atoms with van der Waals surface area (Å²) >= 11 is 0. The van der Waals surface area contributed by atoms with Gasteiger partial charge in [-0.05, 0) is 24.3 Å². The zero-order chi connectivity index (χ0) is 31.2. The van der Waals surface area contributed by atoms with Gasteiger partial charge in [-0.25, -0.2) is 0 Å². The van der Waals surface area contributed by atoms with E-state index in [4.69, 9.17) is 23.4 Å². The van der Waals surface area contributed by atoms with Gasteiger partial charge < -0.3 is 74.4 Å². The smallest absolute Gasteiger partial charge is 0.229 e. The van der Waals surface area contributed by atoms with Crippen molar-refractivity contribution in [3.05, 3.63) is 46.6 Å². The minimum Gasteiger partial charge on any atom is -0.504 e. The van der Waals surface area contributed by atoms with Gasteiger partial charge in [-0.2, -0.15) is 0 Å². The summed E-state index contributed by atoms with van der Waals surface area (Å²) in [6.45, 7) is -1.37. The van der Waals surface area contributed by atoms with E-state index >= 15 is 0 Å². The molecular formula is C27H30O16. The van der Waals surface area contributed by atoms with E-state index in [0.29, 0.717) is 5.56 Å². The van der Waals surface area contributed by atoms with Crippen LogP contribution in [-0.4, -0.2) is 126 Å². The van der Waals surface area contributed by atoms with Crippen LogP contribution in [0.25, 0.3) is 22.3 Å². The lowest BCUT2D eigenvalue weighted by Crippen LogP contribution is -2.60. The maximum Gasteiger partial charge on any atom is 0.229 e. The predicted molar refractivity (Wildman–Crippen MR) is 140 cm³/mol. The molecule has 3 heterocycles. The molecule has 3 aromatic rings. The van der Waals surface area contributed by atoms with Gasteiger partial charge >= 0.3 is 0 Å². The maximum absolute atomic E-state index is 13.0. The van der Waals surface area contributed by atoms with Crippen LogP contribution in [-0.2, 0) is 9.47 Å². The van der Waals surface area contributed by atoms with Crippen molar-refractivity contribution in [1.82, 2.24) is 0 Å². The quantitative estimate of drug-likeness (QED) is 0.130. The molecule has 43 heavy (non-hydrogen) atoms. The molecule has 2 fully saturated rings. The fourth-order valence-electron chi connectivity index (χ4n) is 4.81. The molecule has 0 bridgehead atoms. The summed E-state index contributed by atoms with van der Waals surface area (Å²) in [6.07, 6.45) is -15.7. The minimum atomic E-state index is -1.85. The lowest BCUT2D eigenvalue weighted by molar-refractivity contribution is -0.277. The van der Waals surface area contributed by atoms with E-state index in [1.165, 1.54) is 24.3 Å². The molecule has 16 heteroatoms. The van der Waals surface area contributed by atoms with E-state index in [-0.39, 0.29) is 17.1 Å². The summed E-state index contributed by atoms with van der Waals surface area (Å²) in [4.78, 5) is 13.0. The number of ether oxygens (including phenoxy) is 4. The summed E-state index contributed by atoms with van der Waals surface area (Å²) in [5.74, 6) is -2.12. The summed E-state index contributed by atoms with van der Waals surface area (Å²) in [7, 11) is 0. The maximum atomic E-state index is 13.0. The lowest BCUT2D eigenvalue weighted by Gasteiger charge is -2.39. The Balaban J connectivity index is 1.38. The molecule has 0 amide bonds. The van der Waals surface area contributed by atoms with Crippen LogP contribution >= 0.6 is 0 Å². The highest BCUT2D eigenvalue weighted by Gasteiger charge is 2.46. The molecule has 10 atom stereocenters. The number of hydrogen-bond donors (Lipinski definition) is 10. The van der Waals surface area contributed by atoms with Crippen LogP contribution in [0.2, 0.25) is 0 Å². The van der Waals surface area contributed by atoms with Crippen molar-refractivity contribution in [3.63, 3.8) is 0 Å². The topological polar surface area (TPSA) is 269 Å². The zero-order valence-electron chi connectivity index (χ0n) is 22.1. The van der Waals surface area contributed by atoms with Crippen molar-refractivity contribution >= 4 is 11.0 Å². The number of phenols is 2. The van der Waals surface area contributed by atoms with Crippen molar-refractivity contribution < 1.29 is 74.4 Å². The number of fused-ring (bicyclic) bond motifs is 1. The third-order valence-corrected chi connectivity index (χ3v) is 7.25. The highest BCUT2D eigenvalue weighted by Crippen LogP contribution is 2.43. The lowest BCUT2D eigenvalue weighted by atomic mass is 9.99. The fraction of sp³-hybridized carbons (Fsp3) is 0.444. The normalized spacial score (nSPS) is 32.9. The van der Waals surface area contributed by atoms with E-state index in [1.54, 1.807) is 0 Å². The Kier molecular flexibility index (Phi) is 8.77. The number of benzene rings is 2. The second-order valence-electron chi connectivity index (χ2n) is 10.1. The second-order valence-corrected chi connectivity index (χ2v) is 10.1. The van der Waals surface area contributed by atoms with Gasteiger partial charge in [-0.3, -0.25) is 4.79 Å². The summed E-state index contributed by atoms with van der Waals surface area (Å²) in [5.41, 5.74) is -0.657. The Hall–Kier alpha value is -3.55. The standard InChI is InChI=1S/C27H30O16/c28-7-15-18(32)21(35)23(37)26(41-15)39-10-3-1-9(2-4-10)13-5-11(30)17-14(40-13)6-12(31)25(20(17)34)43-27-24(38)22(36)19(33)16(8-29)42-27/h1-6,15-16,18-19,21-24,26-29,31-38H,7-8H2/t15-,16-,18-,19-,21+,22+,23-,24-,26-,27+/m1/s1. The first-order valence-electron chi connectivity index (χ1n) is 13.0. The molecule has 5 rings (SSSR count). The third-order valence-electron chi connectivity index (χ3n) is 7.25. The summed E-state index contributed by atoms with van der Waals surface area (Å²) in [6, 6.07) is 7.81. The Labute approximate surface area is 241 Å². The molecule has 234 valence electrons. The van der Waals surface area contributed by atoms with Crippen LogP contribution in [0.1, 0.15) is 0 Å². The van der Waals surface area contributed by atoms with Gasteiger partial charge in [0.05, 0.1) is 13.2 Å². The van der Waals surface area contributed by atoms with Gasteiger partial charge in [-0.1, -0.05) is 0 Å². The first kappa shape index (κ1) is 30.9. The molecule has 0 unspecified atom stereocenters. The van der Waals surface area contributed by atoms with Crippen LogP contribution in [0.3, 0.4) is 0 Å². The van der Waals surface area contributed by atoms with Gasteiger partial charge in [0.25, 0.3) is 0 Å². The van der Waals surface area contributed by atoms with E-state index in [1.807, 2.05) is 0 Å². The van der Waals surface area contributed by atoms with E-state index in [9.17, 15) is 55.9 Å². The van der Waals surface area contributed by atoms with Crippen molar-refractivity contribution in [2.45, 2.75) is 61.4 Å². The zero-order valence-corrected chi connectivity index (χ0v) is 22.1. The fourth-order valence-corrected chi connectivity index (χ4v) is 4.81. The van der Waals surface area contributed by atoms with Crippen LogP contribution in [0.15, 0.2) is 45.6 Å². The highest BCUT2D eigenvalue weighted by atomic mass is 16.7. The number of phenolic OH excluding ortho intramolecular Hbond substituents is 2. The van der Waals surface area contributed by atoms with Crippen LogP contribution < -0.4 is 14.9 Å². The molecule has 0 aliphatic carbocycles. The number of aliphatic hydroxyl groups excluding tert-OH is 8. The average molecular weight is 611 g/mol. The van der Waals surface area contributed by atoms with E-state index in [2.05, 4.69) is 0 Å². The number of aromatic hydroxyl groups is 2. The van der Waals surface area contributed by atoms with Crippen LogP contribution in [0.5, 0.6) is 23.0 Å². The number of aliphatic hydroxyl groups is 8. The third kappa shape index (κ3) is 5.73. The predicted octanol–water partition coefficient (Wildman–Crippen LogP) is -2.77. The Bertz CT molecular complexity index is 1490. The molecule has 16 nitrogen and oxygen atoms in total. The molecule has 0 radical (unpaired) electrons. The van der Waals surface area contributed by atoms with Gasteiger partial charge in [-0.15, -0.1) is 0 Å². The molecule has 2 aliphatic rings. The van der Waals surface area contributed by atoms with Crippen molar-refractivity contribution in [2.75, 3.05) is 13.2 Å². The molecule has 2 aliphatic heterocycles. The molecule has 0 saturated carbocycles. The first-order chi connectivity index (χ1) is 20.4. The van der Waals surface area contributed by atoms with Crippen molar-refractivity contribution in [2.24, 2.45) is 0 Å². The van der Waals surface area contributed by atoms with Gasteiger partial charge in [0.2, 0.25) is 18.3 Å². The van der Waals surface area contributed by atoms with Crippen molar-refractivity contribution in [1.29, 1.82) is 0 Å². The summed E-state index contributed by atoms with van der Waals surface area (Å²) < 4.78 is 27.2. The minimum absolute atomic E-state index is 0.0123. The number of rotatable bonds is 7. The van der Waals surface area contributed by atoms with Gasteiger partial charge in [0.15, 0.2) is 16.9 Å².